The average molecular weight is 665 g/mol. The van der Waals surface area contributed by atoms with E-state index in [1.807, 2.05) is 24.3 Å². The summed E-state index contributed by atoms with van der Waals surface area (Å²) >= 11 is 2.18. The largest absolute Gasteiger partial charge is 0.463 e. The van der Waals surface area contributed by atoms with Crippen LogP contribution in [0.5, 0.6) is 0 Å². The normalized spacial score (nSPS) is 23.8. The molecule has 5 atom stereocenters. The average Bonchev–Trinajstić information content (AvgIpc) is 2.87. The van der Waals surface area contributed by atoms with Gasteiger partial charge in [0.2, 0.25) is 11.9 Å². The number of benzene rings is 2. The zero-order chi connectivity index (χ0) is 29.6. The van der Waals surface area contributed by atoms with Crippen molar-refractivity contribution >= 4 is 46.5 Å². The van der Waals surface area contributed by atoms with E-state index in [-0.39, 0.29) is 5.56 Å². The van der Waals surface area contributed by atoms with E-state index in [2.05, 4.69) is 28.7 Å². The molecule has 1 aliphatic heterocycles. The van der Waals surface area contributed by atoms with Crippen molar-refractivity contribution in [1.29, 1.82) is 5.26 Å². The van der Waals surface area contributed by atoms with Gasteiger partial charge in [-0.15, -0.1) is 0 Å². The molecule has 0 aromatic heterocycles. The van der Waals surface area contributed by atoms with E-state index < -0.39 is 60.7 Å². The fourth-order valence-electron chi connectivity index (χ4n) is 4.41. The monoisotopic (exact) mass is 665 g/mol. The van der Waals surface area contributed by atoms with Crippen LogP contribution in [-0.2, 0) is 55.1 Å². The number of hydrogen-bond donors (Lipinski definition) is 1. The molecule has 2 aromatic rings. The van der Waals surface area contributed by atoms with Gasteiger partial charge >= 0.3 is 23.9 Å². The molecule has 3 rings (SSSR count). The van der Waals surface area contributed by atoms with Gasteiger partial charge in [-0.1, -0.05) is 18.2 Å². The van der Waals surface area contributed by atoms with Crippen LogP contribution in [0.4, 0.5) is 0 Å². The highest BCUT2D eigenvalue weighted by atomic mass is 127. The SMILES string of the molecule is CC(=O)OC[C@H]1O[C@@](O)(c2ccc(C#N)c(Cc3ccc(I)cc3)c2)[C@H](OC(C)=O)[C@@H](OC(C)=O)[C@@H]1OC(C)=O. The quantitative estimate of drug-likeness (QED) is 0.251. The number of rotatable bonds is 8. The number of carbonyl (C=O) groups is 4. The molecule has 0 saturated carbocycles. The summed E-state index contributed by atoms with van der Waals surface area (Å²) in [4.78, 5) is 47.8. The number of aliphatic hydroxyl groups is 1. The third-order valence-corrected chi connectivity index (χ3v) is 6.72. The minimum atomic E-state index is -2.48. The topological polar surface area (TPSA) is 158 Å². The molecule has 1 N–H and O–H groups in total. The Morgan fingerprint density at radius 3 is 2.08 bits per heavy atom. The Labute approximate surface area is 244 Å². The Kier molecular flexibility index (Phi) is 10.2. The maximum Gasteiger partial charge on any atom is 0.303 e. The molecule has 11 nitrogen and oxygen atoms in total. The summed E-state index contributed by atoms with van der Waals surface area (Å²) in [5.41, 5.74) is 1.81. The zero-order valence-corrected chi connectivity index (χ0v) is 24.4. The van der Waals surface area contributed by atoms with Gasteiger partial charge in [0.15, 0.2) is 12.2 Å². The number of halogens is 1. The highest BCUT2D eigenvalue weighted by Gasteiger charge is 2.60. The van der Waals surface area contributed by atoms with Gasteiger partial charge in [-0.2, -0.15) is 5.26 Å². The van der Waals surface area contributed by atoms with Gasteiger partial charge in [-0.25, -0.2) is 0 Å². The minimum absolute atomic E-state index is 0.0597. The van der Waals surface area contributed by atoms with E-state index in [0.717, 1.165) is 36.8 Å². The lowest BCUT2D eigenvalue weighted by molar-refractivity contribution is -0.360. The molecular formula is C28H28INO10. The summed E-state index contributed by atoms with van der Waals surface area (Å²) in [5.74, 6) is -5.63. The lowest BCUT2D eigenvalue weighted by atomic mass is 9.85. The Balaban J connectivity index is 2.17. The summed E-state index contributed by atoms with van der Waals surface area (Å²) in [6.07, 6.45) is -5.72. The van der Waals surface area contributed by atoms with E-state index >= 15 is 0 Å². The lowest BCUT2D eigenvalue weighted by Crippen LogP contribution is -2.66. The fourth-order valence-corrected chi connectivity index (χ4v) is 4.77. The van der Waals surface area contributed by atoms with Crippen LogP contribution in [0.25, 0.3) is 0 Å². The van der Waals surface area contributed by atoms with Crippen LogP contribution in [0, 0.1) is 14.9 Å². The molecule has 1 fully saturated rings. The van der Waals surface area contributed by atoms with Gasteiger partial charge in [0.1, 0.15) is 12.7 Å². The number of nitriles is 1. The fraction of sp³-hybridized carbons (Fsp3) is 0.393. The first-order chi connectivity index (χ1) is 18.8. The van der Waals surface area contributed by atoms with Crippen molar-refractivity contribution < 1.29 is 48.0 Å². The summed E-state index contributed by atoms with van der Waals surface area (Å²) in [6.45, 7) is 3.93. The molecule has 0 aliphatic carbocycles. The Hall–Kier alpha value is -3.54. The Morgan fingerprint density at radius 2 is 1.52 bits per heavy atom. The highest BCUT2D eigenvalue weighted by Crippen LogP contribution is 2.41. The van der Waals surface area contributed by atoms with E-state index in [1.165, 1.54) is 18.2 Å². The van der Waals surface area contributed by atoms with Crippen molar-refractivity contribution in [3.63, 3.8) is 0 Å². The summed E-state index contributed by atoms with van der Waals surface area (Å²) < 4.78 is 28.3. The van der Waals surface area contributed by atoms with E-state index in [1.54, 1.807) is 0 Å². The predicted octanol–water partition coefficient (Wildman–Crippen LogP) is 2.66. The zero-order valence-electron chi connectivity index (χ0n) is 22.2. The molecule has 12 heteroatoms. The Bertz CT molecular complexity index is 1320. The first-order valence-corrected chi connectivity index (χ1v) is 13.2. The van der Waals surface area contributed by atoms with Crippen LogP contribution in [0.2, 0.25) is 0 Å². The second-order valence-electron chi connectivity index (χ2n) is 9.12. The van der Waals surface area contributed by atoms with Gasteiger partial charge in [0, 0.05) is 36.8 Å². The number of esters is 4. The van der Waals surface area contributed by atoms with E-state index in [9.17, 15) is 29.5 Å². The number of ether oxygens (including phenoxy) is 5. The van der Waals surface area contributed by atoms with Crippen LogP contribution in [0.1, 0.15) is 49.9 Å². The van der Waals surface area contributed by atoms with Crippen LogP contribution >= 0.6 is 22.6 Å². The number of carbonyl (C=O) groups excluding carboxylic acids is 4. The molecule has 0 amide bonds. The van der Waals surface area contributed by atoms with Gasteiger partial charge in [0.25, 0.3) is 0 Å². The van der Waals surface area contributed by atoms with Crippen LogP contribution in [0.15, 0.2) is 42.5 Å². The van der Waals surface area contributed by atoms with Crippen molar-refractivity contribution in [2.45, 2.75) is 64.3 Å². The molecule has 0 radical (unpaired) electrons. The van der Waals surface area contributed by atoms with Gasteiger partial charge in [0.05, 0.1) is 11.6 Å². The van der Waals surface area contributed by atoms with Crippen LogP contribution in [-0.4, -0.2) is 60.0 Å². The predicted molar refractivity (Wildman–Crippen MR) is 145 cm³/mol. The molecule has 2 aromatic carbocycles. The lowest BCUT2D eigenvalue weighted by Gasteiger charge is -2.48. The van der Waals surface area contributed by atoms with Crippen molar-refractivity contribution in [1.82, 2.24) is 0 Å². The Morgan fingerprint density at radius 1 is 0.925 bits per heavy atom. The van der Waals surface area contributed by atoms with Gasteiger partial charge in [-0.3, -0.25) is 19.2 Å². The molecule has 0 bridgehead atoms. The molecule has 1 saturated heterocycles. The molecule has 40 heavy (non-hydrogen) atoms. The first kappa shape index (κ1) is 31.0. The molecule has 1 heterocycles. The van der Waals surface area contributed by atoms with Crippen molar-refractivity contribution in [3.8, 4) is 6.07 Å². The molecular weight excluding hydrogens is 637 g/mol. The summed E-state index contributed by atoms with van der Waals surface area (Å²) in [6, 6.07) is 14.2. The van der Waals surface area contributed by atoms with Crippen molar-refractivity contribution in [2.75, 3.05) is 6.61 Å². The van der Waals surface area contributed by atoms with Crippen molar-refractivity contribution in [3.05, 3.63) is 68.3 Å². The molecule has 0 unspecified atom stereocenters. The summed E-state index contributed by atoms with van der Waals surface area (Å²) in [7, 11) is 0. The third kappa shape index (κ3) is 7.56. The van der Waals surface area contributed by atoms with E-state index in [0.29, 0.717) is 17.5 Å². The third-order valence-electron chi connectivity index (χ3n) is 6.00. The van der Waals surface area contributed by atoms with Gasteiger partial charge < -0.3 is 28.8 Å². The van der Waals surface area contributed by atoms with E-state index in [4.69, 9.17) is 23.7 Å². The first-order valence-electron chi connectivity index (χ1n) is 12.2. The molecule has 0 spiro atoms. The van der Waals surface area contributed by atoms with Gasteiger partial charge in [-0.05, 0) is 64.4 Å². The standard InChI is InChI=1S/C28H28INO10/c1-15(31)36-14-24-25(37-16(2)32)26(38-17(3)33)27(39-18(4)34)28(35,40-24)22-8-7-20(13-30)21(12-22)11-19-5-9-23(29)10-6-19/h5-10,12,24-27,35H,11,14H2,1-4H3/t24-,25-,26+,27-,28+/m1/s1. The molecule has 212 valence electrons. The maximum absolute atomic E-state index is 12.2. The number of hydrogen-bond acceptors (Lipinski definition) is 11. The minimum Gasteiger partial charge on any atom is -0.463 e. The maximum atomic E-state index is 12.2. The highest BCUT2D eigenvalue weighted by molar-refractivity contribution is 14.1. The smallest absolute Gasteiger partial charge is 0.303 e. The number of nitrogens with zero attached hydrogens (tertiary/aromatic N) is 1. The summed E-state index contributed by atoms with van der Waals surface area (Å²) in [5, 5.41) is 21.8. The second kappa shape index (κ2) is 13.2. The van der Waals surface area contributed by atoms with Crippen LogP contribution in [0.3, 0.4) is 0 Å². The molecule has 1 aliphatic rings. The second-order valence-corrected chi connectivity index (χ2v) is 10.4. The van der Waals surface area contributed by atoms with Crippen LogP contribution < -0.4 is 0 Å². The van der Waals surface area contributed by atoms with Crippen molar-refractivity contribution in [2.24, 2.45) is 0 Å².